The predicted molar refractivity (Wildman–Crippen MR) is 129 cm³/mol. The van der Waals surface area contributed by atoms with Gasteiger partial charge in [-0.3, -0.25) is 20.0 Å². The first-order valence-corrected chi connectivity index (χ1v) is 10.7. The SMILES string of the molecule is C=C(Br)/C=N\N(C)C(C=C(NC)C1CCN(C(N)=NC)CC1)=NCc1cccnc1. The summed E-state index contributed by atoms with van der Waals surface area (Å²) in [5, 5.41) is 9.53. The molecule has 1 saturated heterocycles. The van der Waals surface area contributed by atoms with Crippen LogP contribution in [-0.2, 0) is 6.54 Å². The normalized spacial score (nSPS) is 16.8. The van der Waals surface area contributed by atoms with Gasteiger partial charge < -0.3 is 16.0 Å². The molecule has 30 heavy (non-hydrogen) atoms. The predicted octanol–water partition coefficient (Wildman–Crippen LogP) is 2.57. The zero-order chi connectivity index (χ0) is 21.9. The van der Waals surface area contributed by atoms with E-state index in [2.05, 4.69) is 53.9 Å². The molecule has 8 nitrogen and oxygen atoms in total. The molecule has 2 rings (SSSR count). The number of amidine groups is 1. The lowest BCUT2D eigenvalue weighted by Crippen LogP contribution is -2.43. The van der Waals surface area contributed by atoms with Gasteiger partial charge in [0.2, 0.25) is 0 Å². The monoisotopic (exact) mass is 474 g/mol. The van der Waals surface area contributed by atoms with Crippen molar-refractivity contribution in [3.05, 3.63) is 52.9 Å². The summed E-state index contributed by atoms with van der Waals surface area (Å²) in [6.45, 7) is 6.08. The number of pyridine rings is 1. The highest BCUT2D eigenvalue weighted by atomic mass is 79.9. The van der Waals surface area contributed by atoms with Gasteiger partial charge in [0, 0.05) is 68.8 Å². The lowest BCUT2D eigenvalue weighted by atomic mass is 9.93. The maximum absolute atomic E-state index is 5.96. The van der Waals surface area contributed by atoms with Crippen LogP contribution in [0.15, 0.2) is 62.4 Å². The molecule has 1 aromatic heterocycles. The van der Waals surface area contributed by atoms with Gasteiger partial charge in [0.25, 0.3) is 0 Å². The quantitative estimate of drug-likeness (QED) is 0.359. The summed E-state index contributed by atoms with van der Waals surface area (Å²) in [6.07, 6.45) is 9.28. The number of hydrogen-bond donors (Lipinski definition) is 2. The van der Waals surface area contributed by atoms with Crippen molar-refractivity contribution in [2.24, 2.45) is 26.7 Å². The van der Waals surface area contributed by atoms with Gasteiger partial charge in [0.05, 0.1) is 12.8 Å². The maximum atomic E-state index is 5.96. The van der Waals surface area contributed by atoms with E-state index in [0.717, 1.165) is 43.0 Å². The van der Waals surface area contributed by atoms with Gasteiger partial charge in [0.1, 0.15) is 5.84 Å². The number of hydrogen-bond acceptors (Lipinski definition) is 5. The van der Waals surface area contributed by atoms with Crippen LogP contribution in [0.2, 0.25) is 0 Å². The van der Waals surface area contributed by atoms with Crippen LogP contribution in [0, 0.1) is 5.92 Å². The van der Waals surface area contributed by atoms with E-state index < -0.39 is 0 Å². The topological polar surface area (TPSA) is 94.5 Å². The molecule has 0 bridgehead atoms. The van der Waals surface area contributed by atoms with Crippen molar-refractivity contribution in [2.75, 3.05) is 34.2 Å². The van der Waals surface area contributed by atoms with Crippen molar-refractivity contribution in [1.82, 2.24) is 20.2 Å². The molecule has 162 valence electrons. The number of hydrazone groups is 1. The van der Waals surface area contributed by atoms with Crippen molar-refractivity contribution in [3.8, 4) is 0 Å². The Bertz CT molecular complexity index is 808. The highest BCUT2D eigenvalue weighted by molar-refractivity contribution is 9.12. The van der Waals surface area contributed by atoms with Crippen molar-refractivity contribution >= 4 is 33.9 Å². The first-order valence-electron chi connectivity index (χ1n) is 9.86. The molecule has 1 aliphatic rings. The van der Waals surface area contributed by atoms with Crippen LogP contribution in [0.25, 0.3) is 0 Å². The molecule has 0 amide bonds. The minimum absolute atomic E-state index is 0.392. The van der Waals surface area contributed by atoms with E-state index in [9.17, 15) is 0 Å². The van der Waals surface area contributed by atoms with E-state index >= 15 is 0 Å². The third kappa shape index (κ3) is 7.29. The molecule has 0 aliphatic carbocycles. The lowest BCUT2D eigenvalue weighted by molar-refractivity contribution is 0.283. The molecule has 3 N–H and O–H groups in total. The number of halogens is 1. The van der Waals surface area contributed by atoms with Gasteiger partial charge in [-0.05, 0) is 40.4 Å². The Morgan fingerprint density at radius 1 is 1.47 bits per heavy atom. The Kier molecular flexibility index (Phi) is 9.53. The van der Waals surface area contributed by atoms with Crippen LogP contribution in [0.3, 0.4) is 0 Å². The third-order valence-electron chi connectivity index (χ3n) is 4.91. The molecule has 1 aromatic rings. The molecule has 0 unspecified atom stereocenters. The van der Waals surface area contributed by atoms with Gasteiger partial charge in [-0.15, -0.1) is 0 Å². The van der Waals surface area contributed by atoms with E-state index in [-0.39, 0.29) is 0 Å². The third-order valence-corrected chi connectivity index (χ3v) is 5.11. The number of nitrogens with one attached hydrogen (secondary N) is 1. The summed E-state index contributed by atoms with van der Waals surface area (Å²) in [4.78, 5) is 15.2. The number of nitrogens with zero attached hydrogens (tertiary/aromatic N) is 6. The molecule has 0 spiro atoms. The van der Waals surface area contributed by atoms with Crippen LogP contribution in [0.5, 0.6) is 0 Å². The molecule has 0 atom stereocenters. The Labute approximate surface area is 187 Å². The Hall–Kier alpha value is -2.68. The number of allylic oxidation sites excluding steroid dienone is 2. The van der Waals surface area contributed by atoms with E-state index in [0.29, 0.717) is 22.9 Å². The number of likely N-dealkylation sites (tertiary alicyclic amines) is 1. The summed E-state index contributed by atoms with van der Waals surface area (Å²) < 4.78 is 0.696. The average Bonchev–Trinajstić information content (AvgIpc) is 2.78. The van der Waals surface area contributed by atoms with Crippen molar-refractivity contribution in [3.63, 3.8) is 0 Å². The lowest BCUT2D eigenvalue weighted by Gasteiger charge is -2.33. The Balaban J connectivity index is 2.22. The maximum Gasteiger partial charge on any atom is 0.190 e. The molecule has 1 aliphatic heterocycles. The first-order chi connectivity index (χ1) is 14.4. The van der Waals surface area contributed by atoms with Crippen LogP contribution in [0.1, 0.15) is 18.4 Å². The van der Waals surface area contributed by atoms with Crippen LogP contribution in [-0.4, -0.2) is 67.1 Å². The zero-order valence-electron chi connectivity index (χ0n) is 17.9. The fourth-order valence-electron chi connectivity index (χ4n) is 3.21. The zero-order valence-corrected chi connectivity index (χ0v) is 19.5. The largest absolute Gasteiger partial charge is 0.391 e. The van der Waals surface area contributed by atoms with Crippen molar-refractivity contribution < 1.29 is 0 Å². The van der Waals surface area contributed by atoms with E-state index in [1.54, 1.807) is 24.5 Å². The Morgan fingerprint density at radius 3 is 2.77 bits per heavy atom. The van der Waals surface area contributed by atoms with Gasteiger partial charge in [-0.2, -0.15) is 5.10 Å². The summed E-state index contributed by atoms with van der Waals surface area (Å²) in [5.41, 5.74) is 8.13. The number of aliphatic imine (C=N–C) groups is 2. The van der Waals surface area contributed by atoms with E-state index in [1.165, 1.54) is 0 Å². The number of rotatable bonds is 7. The summed E-state index contributed by atoms with van der Waals surface area (Å²) in [6, 6.07) is 3.92. The average molecular weight is 475 g/mol. The molecule has 2 heterocycles. The fourth-order valence-corrected chi connectivity index (χ4v) is 3.30. The van der Waals surface area contributed by atoms with Crippen molar-refractivity contribution in [2.45, 2.75) is 19.4 Å². The van der Waals surface area contributed by atoms with Crippen LogP contribution < -0.4 is 11.1 Å². The van der Waals surface area contributed by atoms with Gasteiger partial charge >= 0.3 is 0 Å². The summed E-state index contributed by atoms with van der Waals surface area (Å²) >= 11 is 3.31. The number of guanidine groups is 1. The number of likely N-dealkylation sites (N-methyl/N-ethyl adjacent to an activating group) is 1. The second-order valence-corrected chi connectivity index (χ2v) is 7.96. The molecular weight excluding hydrogens is 444 g/mol. The van der Waals surface area contributed by atoms with Gasteiger partial charge in [-0.25, -0.2) is 0 Å². The second-order valence-electron chi connectivity index (χ2n) is 6.94. The number of aromatic nitrogens is 1. The van der Waals surface area contributed by atoms with E-state index in [1.807, 2.05) is 32.4 Å². The number of nitrogens with two attached hydrogens (primary N) is 1. The second kappa shape index (κ2) is 12.1. The smallest absolute Gasteiger partial charge is 0.190 e. The van der Waals surface area contributed by atoms with Crippen LogP contribution in [0.4, 0.5) is 0 Å². The Morgan fingerprint density at radius 2 is 2.20 bits per heavy atom. The highest BCUT2D eigenvalue weighted by Crippen LogP contribution is 2.23. The summed E-state index contributed by atoms with van der Waals surface area (Å²) in [7, 11) is 5.55. The molecule has 0 radical (unpaired) electrons. The van der Waals surface area contributed by atoms with Crippen LogP contribution >= 0.6 is 15.9 Å². The van der Waals surface area contributed by atoms with Gasteiger partial charge in [-0.1, -0.05) is 12.6 Å². The minimum Gasteiger partial charge on any atom is -0.391 e. The van der Waals surface area contributed by atoms with Gasteiger partial charge in [0.15, 0.2) is 5.96 Å². The number of piperidine rings is 1. The minimum atomic E-state index is 0.392. The molecule has 0 aromatic carbocycles. The molecular formula is C21H31BrN8. The summed E-state index contributed by atoms with van der Waals surface area (Å²) in [5.74, 6) is 1.75. The van der Waals surface area contributed by atoms with E-state index in [4.69, 9.17) is 10.7 Å². The van der Waals surface area contributed by atoms with Crippen molar-refractivity contribution in [1.29, 1.82) is 0 Å². The fraction of sp³-hybridized carbons (Fsp3) is 0.429. The molecule has 0 saturated carbocycles. The molecule has 1 fully saturated rings. The standard InChI is InChI=1S/C21H31BrN8/c1-16(22)13-28-29(4)20(27-15-17-6-5-9-26-14-17)12-19(24-2)18-7-10-30(11-8-18)21(23)25-3/h5-6,9,12-14,18,24H,1,7-8,10-11,15H2,2-4H3,(H2,23,25)/b19-12?,27-20?,28-13-. The highest BCUT2D eigenvalue weighted by Gasteiger charge is 2.23. The first kappa shape index (κ1) is 23.6. The molecule has 9 heteroatoms.